The molecule has 1 fully saturated rings. The maximum atomic E-state index is 10.7. The number of nitro groups is 1. The van der Waals surface area contributed by atoms with Gasteiger partial charge in [0.1, 0.15) is 6.54 Å². The Bertz CT molecular complexity index is 399. The number of non-ortho nitro benzene ring substituents is 1. The van der Waals surface area contributed by atoms with Crippen molar-refractivity contribution < 1.29 is 9.82 Å². The second-order valence-electron chi connectivity index (χ2n) is 5.12. The van der Waals surface area contributed by atoms with Crippen molar-refractivity contribution >= 4 is 5.69 Å². The van der Waals surface area contributed by atoms with Crippen LogP contribution in [0.5, 0.6) is 0 Å². The number of hydrogen-bond donors (Lipinski definition) is 1. The van der Waals surface area contributed by atoms with E-state index in [1.165, 1.54) is 45.2 Å². The van der Waals surface area contributed by atoms with Crippen molar-refractivity contribution in [1.29, 1.82) is 0 Å². The SMILES string of the molecule is O=[N+]([O-])c1cccc(C[NH+]2CCCCCCC2)c1. The van der Waals surface area contributed by atoms with Gasteiger partial charge in [-0.1, -0.05) is 18.6 Å². The van der Waals surface area contributed by atoms with Gasteiger partial charge in [0.15, 0.2) is 0 Å². The number of nitrogens with one attached hydrogen (secondary N) is 1. The Morgan fingerprint density at radius 2 is 1.78 bits per heavy atom. The van der Waals surface area contributed by atoms with Crippen LogP contribution in [0.2, 0.25) is 0 Å². The topological polar surface area (TPSA) is 47.6 Å². The molecule has 1 N–H and O–H groups in total. The van der Waals surface area contributed by atoms with E-state index in [1.54, 1.807) is 23.1 Å². The minimum Gasteiger partial charge on any atom is -0.331 e. The molecule has 0 aliphatic carbocycles. The molecule has 0 unspecified atom stereocenters. The Morgan fingerprint density at radius 3 is 2.44 bits per heavy atom. The molecule has 0 amide bonds. The van der Waals surface area contributed by atoms with Gasteiger partial charge in [-0.3, -0.25) is 10.1 Å². The smallest absolute Gasteiger partial charge is 0.269 e. The van der Waals surface area contributed by atoms with Gasteiger partial charge in [-0.05, 0) is 25.7 Å². The summed E-state index contributed by atoms with van der Waals surface area (Å²) in [5.74, 6) is 0. The highest BCUT2D eigenvalue weighted by Gasteiger charge is 2.13. The highest BCUT2D eigenvalue weighted by atomic mass is 16.6. The lowest BCUT2D eigenvalue weighted by atomic mass is 10.1. The van der Waals surface area contributed by atoms with E-state index in [2.05, 4.69) is 0 Å². The van der Waals surface area contributed by atoms with Gasteiger partial charge in [0.25, 0.3) is 5.69 Å². The molecule has 0 aromatic heterocycles. The van der Waals surface area contributed by atoms with Crippen molar-refractivity contribution in [2.24, 2.45) is 0 Å². The molecule has 0 spiro atoms. The summed E-state index contributed by atoms with van der Waals surface area (Å²) < 4.78 is 0. The molecule has 1 aliphatic rings. The van der Waals surface area contributed by atoms with Gasteiger partial charge in [0, 0.05) is 17.7 Å². The summed E-state index contributed by atoms with van der Waals surface area (Å²) in [6, 6.07) is 7.06. The van der Waals surface area contributed by atoms with Gasteiger partial charge in [-0.2, -0.15) is 0 Å². The lowest BCUT2D eigenvalue weighted by molar-refractivity contribution is -0.914. The van der Waals surface area contributed by atoms with Crippen LogP contribution in [0.4, 0.5) is 5.69 Å². The predicted octanol–water partition coefficient (Wildman–Crippen LogP) is 1.94. The van der Waals surface area contributed by atoms with Crippen LogP contribution in [0.3, 0.4) is 0 Å². The number of nitrogens with zero attached hydrogens (tertiary/aromatic N) is 1. The van der Waals surface area contributed by atoms with E-state index in [0.29, 0.717) is 0 Å². The van der Waals surface area contributed by atoms with Crippen molar-refractivity contribution in [3.05, 3.63) is 39.9 Å². The Kier molecular flexibility index (Phi) is 4.70. The van der Waals surface area contributed by atoms with Gasteiger partial charge in [0.05, 0.1) is 18.0 Å². The zero-order chi connectivity index (χ0) is 12.8. The molecule has 2 rings (SSSR count). The number of quaternary nitrogens is 1. The second kappa shape index (κ2) is 6.50. The Balaban J connectivity index is 1.98. The molecule has 98 valence electrons. The molecule has 0 bridgehead atoms. The van der Waals surface area contributed by atoms with Gasteiger partial charge < -0.3 is 4.90 Å². The largest absolute Gasteiger partial charge is 0.331 e. The number of benzene rings is 1. The first-order valence-electron chi connectivity index (χ1n) is 6.82. The average molecular weight is 249 g/mol. The summed E-state index contributed by atoms with van der Waals surface area (Å²) in [5.41, 5.74) is 1.29. The molecule has 0 saturated carbocycles. The van der Waals surface area contributed by atoms with Crippen LogP contribution < -0.4 is 4.90 Å². The summed E-state index contributed by atoms with van der Waals surface area (Å²) >= 11 is 0. The van der Waals surface area contributed by atoms with Crippen molar-refractivity contribution in [3.63, 3.8) is 0 Å². The predicted molar refractivity (Wildman–Crippen MR) is 70.6 cm³/mol. The van der Waals surface area contributed by atoms with E-state index in [9.17, 15) is 10.1 Å². The lowest BCUT2D eigenvalue weighted by Gasteiger charge is -2.21. The van der Waals surface area contributed by atoms with E-state index in [1.807, 2.05) is 6.07 Å². The van der Waals surface area contributed by atoms with E-state index in [0.717, 1.165) is 12.1 Å². The minimum atomic E-state index is -0.313. The highest BCUT2D eigenvalue weighted by Crippen LogP contribution is 2.12. The van der Waals surface area contributed by atoms with E-state index in [4.69, 9.17) is 0 Å². The number of rotatable bonds is 3. The van der Waals surface area contributed by atoms with Gasteiger partial charge >= 0.3 is 0 Å². The van der Waals surface area contributed by atoms with Crippen LogP contribution in [-0.2, 0) is 6.54 Å². The monoisotopic (exact) mass is 249 g/mol. The molecular weight excluding hydrogens is 228 g/mol. The van der Waals surface area contributed by atoms with E-state index in [-0.39, 0.29) is 10.6 Å². The van der Waals surface area contributed by atoms with Gasteiger partial charge in [-0.15, -0.1) is 0 Å². The van der Waals surface area contributed by atoms with Crippen LogP contribution in [0.1, 0.15) is 37.7 Å². The third-order valence-corrected chi connectivity index (χ3v) is 3.64. The summed E-state index contributed by atoms with van der Waals surface area (Å²) in [4.78, 5) is 12.0. The zero-order valence-corrected chi connectivity index (χ0v) is 10.7. The first-order chi connectivity index (χ1) is 8.75. The van der Waals surface area contributed by atoms with Crippen LogP contribution in [-0.4, -0.2) is 18.0 Å². The summed E-state index contributed by atoms with van der Waals surface area (Å²) in [6.07, 6.45) is 6.59. The average Bonchev–Trinajstić information content (AvgIpc) is 2.33. The van der Waals surface area contributed by atoms with Crippen LogP contribution in [0.15, 0.2) is 24.3 Å². The zero-order valence-electron chi connectivity index (χ0n) is 10.7. The van der Waals surface area contributed by atoms with Crippen LogP contribution in [0.25, 0.3) is 0 Å². The molecular formula is C14H21N2O2+. The minimum absolute atomic E-state index is 0.207. The molecule has 1 aliphatic heterocycles. The Hall–Kier alpha value is -1.42. The van der Waals surface area contributed by atoms with Crippen molar-refractivity contribution in [2.45, 2.75) is 38.6 Å². The molecule has 1 aromatic carbocycles. The number of hydrogen-bond acceptors (Lipinski definition) is 2. The Morgan fingerprint density at radius 1 is 1.11 bits per heavy atom. The first kappa shape index (κ1) is 13.0. The van der Waals surface area contributed by atoms with Crippen molar-refractivity contribution in [3.8, 4) is 0 Å². The fourth-order valence-corrected chi connectivity index (χ4v) is 2.65. The standard InChI is InChI=1S/C14H20N2O2/c17-16(18)14-8-6-7-13(11-14)12-15-9-4-2-1-3-5-10-15/h6-8,11H,1-5,9-10,12H2/p+1. The highest BCUT2D eigenvalue weighted by molar-refractivity contribution is 5.33. The molecule has 0 radical (unpaired) electrons. The van der Waals surface area contributed by atoms with Crippen LogP contribution in [0, 0.1) is 10.1 Å². The van der Waals surface area contributed by atoms with Gasteiger partial charge in [-0.25, -0.2) is 0 Å². The summed E-state index contributed by atoms with van der Waals surface area (Å²) in [5, 5.41) is 10.7. The fraction of sp³-hybridized carbons (Fsp3) is 0.571. The maximum Gasteiger partial charge on any atom is 0.269 e. The molecule has 4 nitrogen and oxygen atoms in total. The third kappa shape index (κ3) is 3.81. The van der Waals surface area contributed by atoms with E-state index < -0.39 is 0 Å². The number of nitro benzene ring substituents is 1. The first-order valence-corrected chi connectivity index (χ1v) is 6.82. The second-order valence-corrected chi connectivity index (χ2v) is 5.12. The number of likely N-dealkylation sites (tertiary alicyclic amines) is 1. The summed E-state index contributed by atoms with van der Waals surface area (Å²) in [7, 11) is 0. The lowest BCUT2D eigenvalue weighted by Crippen LogP contribution is -3.10. The maximum absolute atomic E-state index is 10.7. The third-order valence-electron chi connectivity index (χ3n) is 3.64. The molecule has 1 saturated heterocycles. The molecule has 4 heteroatoms. The quantitative estimate of drug-likeness (QED) is 0.657. The van der Waals surface area contributed by atoms with E-state index >= 15 is 0 Å². The summed E-state index contributed by atoms with van der Waals surface area (Å²) in [6.45, 7) is 3.31. The molecule has 18 heavy (non-hydrogen) atoms. The van der Waals surface area contributed by atoms with Crippen molar-refractivity contribution in [1.82, 2.24) is 0 Å². The Labute approximate surface area is 108 Å². The van der Waals surface area contributed by atoms with Gasteiger partial charge in [0.2, 0.25) is 0 Å². The molecule has 1 aromatic rings. The molecule has 0 atom stereocenters. The van der Waals surface area contributed by atoms with Crippen molar-refractivity contribution in [2.75, 3.05) is 13.1 Å². The normalized spacial score (nSPS) is 18.0. The molecule has 1 heterocycles. The fourth-order valence-electron chi connectivity index (χ4n) is 2.65. The van der Waals surface area contributed by atoms with Crippen LogP contribution >= 0.6 is 0 Å².